The van der Waals surface area contributed by atoms with E-state index < -0.39 is 12.0 Å². The maximum atomic E-state index is 13.0. The lowest BCUT2D eigenvalue weighted by Gasteiger charge is -2.39. The van der Waals surface area contributed by atoms with Gasteiger partial charge in [0.1, 0.15) is 6.04 Å². The van der Waals surface area contributed by atoms with Crippen molar-refractivity contribution < 1.29 is 14.7 Å². The van der Waals surface area contributed by atoms with E-state index in [1.807, 2.05) is 42.0 Å². The lowest BCUT2D eigenvalue weighted by molar-refractivity contribution is -0.141. The number of likely N-dealkylation sites (N-methyl/N-ethyl adjacent to an activating group) is 1. The van der Waals surface area contributed by atoms with Gasteiger partial charge < -0.3 is 15.0 Å². The van der Waals surface area contributed by atoms with Gasteiger partial charge in [-0.05, 0) is 69.3 Å². The number of hydrogen-bond acceptors (Lipinski definition) is 3. The molecule has 2 fully saturated rings. The van der Waals surface area contributed by atoms with Crippen molar-refractivity contribution in [1.82, 2.24) is 14.8 Å². The van der Waals surface area contributed by atoms with Crippen LogP contribution in [-0.2, 0) is 4.79 Å². The molecule has 1 unspecified atom stereocenters. The second kappa shape index (κ2) is 6.37. The first kappa shape index (κ1) is 18.0. The molecule has 0 radical (unpaired) electrons. The summed E-state index contributed by atoms with van der Waals surface area (Å²) in [4.78, 5) is 31.7. The SMILES string of the molecule is Cc1[nH]c2ccc(C(=O)N3CCC4(CC3)CC(C(=O)O)N(C)C4)cc2c1C. The Morgan fingerprint density at radius 1 is 1.22 bits per heavy atom. The number of amides is 1. The fourth-order valence-electron chi connectivity index (χ4n) is 4.87. The number of fused-ring (bicyclic) bond motifs is 1. The highest BCUT2D eigenvalue weighted by Gasteiger charge is 2.47. The Morgan fingerprint density at radius 2 is 1.93 bits per heavy atom. The van der Waals surface area contributed by atoms with Crippen LogP contribution < -0.4 is 0 Å². The third-order valence-electron chi connectivity index (χ3n) is 6.69. The summed E-state index contributed by atoms with van der Waals surface area (Å²) < 4.78 is 0. The Labute approximate surface area is 159 Å². The summed E-state index contributed by atoms with van der Waals surface area (Å²) in [5, 5.41) is 10.5. The third-order valence-corrected chi connectivity index (χ3v) is 6.69. The van der Waals surface area contributed by atoms with E-state index in [-0.39, 0.29) is 11.3 Å². The van der Waals surface area contributed by atoms with Gasteiger partial charge in [-0.2, -0.15) is 0 Å². The maximum absolute atomic E-state index is 13.0. The molecule has 2 saturated heterocycles. The number of carbonyl (C=O) groups excluding carboxylic acids is 1. The molecule has 0 bridgehead atoms. The van der Waals surface area contributed by atoms with Crippen LogP contribution in [-0.4, -0.2) is 64.5 Å². The van der Waals surface area contributed by atoms with Crippen molar-refractivity contribution in [2.75, 3.05) is 26.7 Å². The van der Waals surface area contributed by atoms with Crippen molar-refractivity contribution >= 4 is 22.8 Å². The van der Waals surface area contributed by atoms with Gasteiger partial charge in [-0.1, -0.05) is 0 Å². The minimum Gasteiger partial charge on any atom is -0.480 e. The number of benzene rings is 1. The number of aromatic nitrogens is 1. The Balaban J connectivity index is 1.48. The number of carboxylic acids is 1. The summed E-state index contributed by atoms with van der Waals surface area (Å²) in [7, 11) is 1.89. The topological polar surface area (TPSA) is 76.6 Å². The van der Waals surface area contributed by atoms with Crippen molar-refractivity contribution in [2.24, 2.45) is 5.41 Å². The Kier molecular flexibility index (Phi) is 4.26. The molecule has 6 nitrogen and oxygen atoms in total. The average molecular weight is 369 g/mol. The van der Waals surface area contributed by atoms with E-state index in [4.69, 9.17) is 0 Å². The number of aliphatic carboxylic acids is 1. The fraction of sp³-hybridized carbons (Fsp3) is 0.524. The van der Waals surface area contributed by atoms with E-state index in [1.165, 1.54) is 5.56 Å². The molecule has 27 heavy (non-hydrogen) atoms. The van der Waals surface area contributed by atoms with Crippen molar-refractivity contribution in [2.45, 2.75) is 39.2 Å². The Hall–Kier alpha value is -2.34. The molecule has 2 aromatic rings. The van der Waals surface area contributed by atoms with Crippen molar-refractivity contribution in [3.63, 3.8) is 0 Å². The van der Waals surface area contributed by atoms with E-state index in [0.29, 0.717) is 19.5 Å². The van der Waals surface area contributed by atoms with Gasteiger partial charge in [0.2, 0.25) is 0 Å². The minimum absolute atomic E-state index is 0.0346. The van der Waals surface area contributed by atoms with Crippen molar-refractivity contribution in [3.05, 3.63) is 35.0 Å². The van der Waals surface area contributed by atoms with E-state index in [9.17, 15) is 14.7 Å². The third kappa shape index (κ3) is 3.02. The number of carbonyl (C=O) groups is 2. The van der Waals surface area contributed by atoms with Crippen molar-refractivity contribution in [1.29, 1.82) is 0 Å². The second-order valence-electron chi connectivity index (χ2n) is 8.40. The largest absolute Gasteiger partial charge is 0.480 e. The fourth-order valence-corrected chi connectivity index (χ4v) is 4.87. The molecule has 1 atom stereocenters. The zero-order chi connectivity index (χ0) is 19.3. The molecule has 1 aromatic heterocycles. The molecule has 144 valence electrons. The number of likely N-dealkylation sites (tertiary alicyclic amines) is 2. The Morgan fingerprint density at radius 3 is 2.56 bits per heavy atom. The van der Waals surface area contributed by atoms with Gasteiger partial charge in [0, 0.05) is 41.8 Å². The number of piperidine rings is 1. The summed E-state index contributed by atoms with van der Waals surface area (Å²) in [6.07, 6.45) is 2.43. The van der Waals surface area contributed by atoms with Crippen LogP contribution in [0.3, 0.4) is 0 Å². The van der Waals surface area contributed by atoms with Gasteiger partial charge >= 0.3 is 5.97 Å². The highest BCUT2D eigenvalue weighted by atomic mass is 16.4. The van der Waals surface area contributed by atoms with Crippen LogP contribution in [0.2, 0.25) is 0 Å². The molecule has 4 rings (SSSR count). The average Bonchev–Trinajstić information content (AvgIpc) is 3.12. The van der Waals surface area contributed by atoms with Gasteiger partial charge in [-0.15, -0.1) is 0 Å². The summed E-state index contributed by atoms with van der Waals surface area (Å²) in [5.74, 6) is -0.663. The monoisotopic (exact) mass is 369 g/mol. The molecule has 2 aliphatic heterocycles. The lowest BCUT2D eigenvalue weighted by Crippen LogP contribution is -2.44. The van der Waals surface area contributed by atoms with Crippen LogP contribution in [0.15, 0.2) is 18.2 Å². The number of hydrogen-bond donors (Lipinski definition) is 2. The molecule has 0 aliphatic carbocycles. The number of nitrogens with one attached hydrogen (secondary N) is 1. The van der Waals surface area contributed by atoms with Crippen molar-refractivity contribution in [3.8, 4) is 0 Å². The first-order valence-corrected chi connectivity index (χ1v) is 9.61. The molecule has 3 heterocycles. The minimum atomic E-state index is -0.738. The highest BCUT2D eigenvalue weighted by Crippen LogP contribution is 2.43. The van der Waals surface area contributed by atoms with Gasteiger partial charge in [-0.3, -0.25) is 14.5 Å². The maximum Gasteiger partial charge on any atom is 0.320 e. The second-order valence-corrected chi connectivity index (χ2v) is 8.40. The number of aromatic amines is 1. The zero-order valence-electron chi connectivity index (χ0n) is 16.2. The first-order chi connectivity index (χ1) is 12.8. The summed E-state index contributed by atoms with van der Waals surface area (Å²) in [6, 6.07) is 5.48. The normalized spacial score (nSPS) is 22.6. The summed E-state index contributed by atoms with van der Waals surface area (Å²) in [6.45, 7) is 6.32. The van der Waals surface area contributed by atoms with E-state index in [1.54, 1.807) is 0 Å². The lowest BCUT2D eigenvalue weighted by atomic mass is 9.76. The molecule has 0 saturated carbocycles. The molecule has 1 aromatic carbocycles. The van der Waals surface area contributed by atoms with Crippen LogP contribution in [0.25, 0.3) is 10.9 Å². The standard InChI is InChI=1S/C21H27N3O3/c1-13-14(2)22-17-5-4-15(10-16(13)17)19(25)24-8-6-21(7-9-24)11-18(20(26)27)23(3)12-21/h4-5,10,18,22H,6-9,11-12H2,1-3H3,(H,26,27). The first-order valence-electron chi connectivity index (χ1n) is 9.61. The molecule has 1 amide bonds. The number of nitrogens with zero attached hydrogens (tertiary/aromatic N) is 2. The summed E-state index contributed by atoms with van der Waals surface area (Å²) in [5.41, 5.74) is 4.14. The predicted octanol–water partition coefficient (Wildman–Crippen LogP) is 2.80. The van der Waals surface area contributed by atoms with Gasteiger partial charge in [0.25, 0.3) is 5.91 Å². The van der Waals surface area contributed by atoms with Crippen LogP contribution in [0.5, 0.6) is 0 Å². The zero-order valence-corrected chi connectivity index (χ0v) is 16.2. The van der Waals surface area contributed by atoms with Gasteiger partial charge in [-0.25, -0.2) is 0 Å². The number of aryl methyl sites for hydroxylation is 2. The number of rotatable bonds is 2. The molecule has 1 spiro atoms. The van der Waals surface area contributed by atoms with E-state index in [2.05, 4.69) is 11.9 Å². The summed E-state index contributed by atoms with van der Waals surface area (Å²) >= 11 is 0. The number of carboxylic acid groups (broad SMARTS) is 1. The quantitative estimate of drug-likeness (QED) is 0.853. The van der Waals surface area contributed by atoms with Gasteiger partial charge in [0.15, 0.2) is 0 Å². The van der Waals surface area contributed by atoms with Crippen LogP contribution in [0.1, 0.15) is 40.9 Å². The van der Waals surface area contributed by atoms with E-state index >= 15 is 0 Å². The molecule has 2 N–H and O–H groups in total. The van der Waals surface area contributed by atoms with E-state index in [0.717, 1.165) is 41.5 Å². The molecular formula is C21H27N3O3. The number of H-pyrrole nitrogens is 1. The smallest absolute Gasteiger partial charge is 0.320 e. The predicted molar refractivity (Wildman–Crippen MR) is 104 cm³/mol. The van der Waals surface area contributed by atoms with Crippen LogP contribution >= 0.6 is 0 Å². The van der Waals surface area contributed by atoms with Gasteiger partial charge in [0.05, 0.1) is 0 Å². The Bertz CT molecular complexity index is 909. The van der Waals surface area contributed by atoms with Crippen LogP contribution in [0.4, 0.5) is 0 Å². The molecular weight excluding hydrogens is 342 g/mol. The molecule has 2 aliphatic rings. The van der Waals surface area contributed by atoms with Crippen LogP contribution in [0, 0.1) is 19.3 Å². The molecule has 6 heteroatoms. The highest BCUT2D eigenvalue weighted by molar-refractivity contribution is 5.99.